The lowest BCUT2D eigenvalue weighted by Crippen LogP contribution is -1.78. The van der Waals surface area contributed by atoms with Crippen molar-refractivity contribution in [2.45, 2.75) is 0 Å². The molecule has 0 fully saturated rings. The lowest BCUT2D eigenvalue weighted by Gasteiger charge is -1.84. The number of aromatic nitrogens is 2. The quantitative estimate of drug-likeness (QED) is 0.541. The number of hydrogen-bond acceptors (Lipinski definition) is 3. The molecule has 0 spiro atoms. The van der Waals surface area contributed by atoms with Crippen molar-refractivity contribution in [1.82, 2.24) is 9.97 Å². The molecule has 50 valence electrons. The van der Waals surface area contributed by atoms with Crippen LogP contribution in [0.1, 0.15) is 0 Å². The number of nitrogens with zero attached hydrogens (tertiary/aromatic N) is 2. The minimum absolute atomic E-state index is 0.447. The Morgan fingerprint density at radius 3 is 3.20 bits per heavy atom. The third-order valence-corrected chi connectivity index (χ3v) is 1.98. The van der Waals surface area contributed by atoms with E-state index >= 15 is 0 Å². The summed E-state index contributed by atoms with van der Waals surface area (Å²) in [7, 11) is 0. The van der Waals surface area contributed by atoms with Crippen LogP contribution in [0.2, 0.25) is 0 Å². The highest BCUT2D eigenvalue weighted by Crippen LogP contribution is 2.15. The molecular weight excluding hydrogens is 151 g/mol. The van der Waals surface area contributed by atoms with Crippen molar-refractivity contribution in [2.75, 3.05) is 0 Å². The van der Waals surface area contributed by atoms with Gasteiger partial charge in [-0.15, -0.1) is 11.3 Å². The summed E-state index contributed by atoms with van der Waals surface area (Å²) in [5, 5.41) is 0. The van der Waals surface area contributed by atoms with Gasteiger partial charge in [-0.3, -0.25) is 0 Å². The summed E-state index contributed by atoms with van der Waals surface area (Å²) in [6, 6.07) is 1.38. The SMILES string of the molecule is Fc1cc2scnc2cn1. The molecule has 2 heterocycles. The molecule has 2 nitrogen and oxygen atoms in total. The molecule has 0 aliphatic carbocycles. The molecule has 4 heteroatoms. The topological polar surface area (TPSA) is 25.8 Å². The standard InChI is InChI=1S/C6H3FN2S/c7-6-1-5-4(2-8-6)9-3-10-5/h1-3H. The molecule has 2 aromatic heterocycles. The molecule has 0 amide bonds. The monoisotopic (exact) mass is 154 g/mol. The average Bonchev–Trinajstić information content (AvgIpc) is 2.33. The summed E-state index contributed by atoms with van der Waals surface area (Å²) in [5.41, 5.74) is 2.43. The first kappa shape index (κ1) is 5.73. The summed E-state index contributed by atoms with van der Waals surface area (Å²) in [6.07, 6.45) is 1.43. The molecule has 2 aromatic rings. The van der Waals surface area contributed by atoms with Crippen LogP contribution >= 0.6 is 11.3 Å². The Hall–Kier alpha value is -1.03. The fourth-order valence-corrected chi connectivity index (χ4v) is 1.41. The molecular formula is C6H3FN2S. The van der Waals surface area contributed by atoms with Gasteiger partial charge in [-0.25, -0.2) is 9.97 Å². The zero-order chi connectivity index (χ0) is 6.97. The lowest BCUT2D eigenvalue weighted by molar-refractivity contribution is 0.586. The average molecular weight is 154 g/mol. The third-order valence-electron chi connectivity index (χ3n) is 1.18. The second kappa shape index (κ2) is 1.98. The minimum atomic E-state index is -0.447. The summed E-state index contributed by atoms with van der Waals surface area (Å²) >= 11 is 1.41. The Labute approximate surface area is 60.4 Å². The summed E-state index contributed by atoms with van der Waals surface area (Å²) in [6.45, 7) is 0. The molecule has 0 aliphatic rings. The van der Waals surface area contributed by atoms with E-state index in [-0.39, 0.29) is 0 Å². The van der Waals surface area contributed by atoms with Gasteiger partial charge in [0, 0.05) is 6.07 Å². The van der Waals surface area contributed by atoms with Crippen LogP contribution in [0.15, 0.2) is 17.8 Å². The Morgan fingerprint density at radius 1 is 1.40 bits per heavy atom. The molecule has 2 rings (SSSR count). The Balaban J connectivity index is 2.86. The van der Waals surface area contributed by atoms with Crippen molar-refractivity contribution in [1.29, 1.82) is 0 Å². The van der Waals surface area contributed by atoms with Crippen LogP contribution in [0.3, 0.4) is 0 Å². The predicted molar refractivity (Wildman–Crippen MR) is 37.4 cm³/mol. The van der Waals surface area contributed by atoms with Crippen LogP contribution in [0.4, 0.5) is 4.39 Å². The van der Waals surface area contributed by atoms with Crippen LogP contribution in [-0.2, 0) is 0 Å². The fourth-order valence-electron chi connectivity index (χ4n) is 0.737. The van der Waals surface area contributed by atoms with Crippen LogP contribution in [0.5, 0.6) is 0 Å². The molecule has 0 radical (unpaired) electrons. The van der Waals surface area contributed by atoms with Crippen molar-refractivity contribution in [3.63, 3.8) is 0 Å². The lowest BCUT2D eigenvalue weighted by atomic mass is 10.4. The largest absolute Gasteiger partial charge is 0.243 e. The van der Waals surface area contributed by atoms with E-state index in [0.29, 0.717) is 0 Å². The van der Waals surface area contributed by atoms with Gasteiger partial charge in [0.1, 0.15) is 0 Å². The highest BCUT2D eigenvalue weighted by Gasteiger charge is 1.97. The van der Waals surface area contributed by atoms with Gasteiger partial charge in [0.05, 0.1) is 21.9 Å². The normalized spacial score (nSPS) is 10.5. The van der Waals surface area contributed by atoms with Gasteiger partial charge < -0.3 is 0 Å². The molecule has 0 saturated carbocycles. The van der Waals surface area contributed by atoms with E-state index in [4.69, 9.17) is 0 Å². The predicted octanol–water partition coefficient (Wildman–Crippen LogP) is 1.83. The fraction of sp³-hybridized carbons (Fsp3) is 0. The first-order valence-electron chi connectivity index (χ1n) is 2.71. The van der Waals surface area contributed by atoms with Crippen molar-refractivity contribution in [3.05, 3.63) is 23.7 Å². The number of hydrogen-bond donors (Lipinski definition) is 0. The summed E-state index contributed by atoms with van der Waals surface area (Å²) in [5.74, 6) is -0.447. The third kappa shape index (κ3) is 0.769. The smallest absolute Gasteiger partial charge is 0.214 e. The maximum Gasteiger partial charge on any atom is 0.214 e. The van der Waals surface area contributed by atoms with Crippen LogP contribution < -0.4 is 0 Å². The van der Waals surface area contributed by atoms with E-state index in [9.17, 15) is 4.39 Å². The van der Waals surface area contributed by atoms with Crippen LogP contribution in [0.25, 0.3) is 10.2 Å². The molecule has 0 saturated heterocycles. The summed E-state index contributed by atoms with van der Waals surface area (Å²) < 4.78 is 13.2. The Kier molecular flexibility index (Phi) is 1.14. The van der Waals surface area contributed by atoms with E-state index in [2.05, 4.69) is 9.97 Å². The van der Waals surface area contributed by atoms with Gasteiger partial charge in [-0.2, -0.15) is 4.39 Å². The molecule has 10 heavy (non-hydrogen) atoms. The second-order valence-corrected chi connectivity index (χ2v) is 2.71. The number of fused-ring (bicyclic) bond motifs is 1. The van der Waals surface area contributed by atoms with Gasteiger partial charge in [-0.1, -0.05) is 0 Å². The van der Waals surface area contributed by atoms with Crippen molar-refractivity contribution >= 4 is 21.6 Å². The van der Waals surface area contributed by atoms with Crippen molar-refractivity contribution in [2.24, 2.45) is 0 Å². The van der Waals surface area contributed by atoms with Gasteiger partial charge in [0.15, 0.2) is 0 Å². The second-order valence-electron chi connectivity index (χ2n) is 1.83. The van der Waals surface area contributed by atoms with E-state index in [0.717, 1.165) is 10.2 Å². The molecule has 0 bridgehead atoms. The Morgan fingerprint density at radius 2 is 2.30 bits per heavy atom. The highest BCUT2D eigenvalue weighted by atomic mass is 32.1. The van der Waals surface area contributed by atoms with Crippen molar-refractivity contribution in [3.8, 4) is 0 Å². The van der Waals surface area contributed by atoms with Crippen LogP contribution in [-0.4, -0.2) is 9.97 Å². The van der Waals surface area contributed by atoms with E-state index in [1.807, 2.05) is 0 Å². The molecule has 0 atom stereocenters. The molecule has 0 aliphatic heterocycles. The number of thiazole rings is 1. The van der Waals surface area contributed by atoms with Crippen LogP contribution in [0, 0.1) is 5.95 Å². The molecule has 0 unspecified atom stereocenters. The van der Waals surface area contributed by atoms with Gasteiger partial charge in [0.2, 0.25) is 5.95 Å². The molecule has 0 N–H and O–H groups in total. The first-order chi connectivity index (χ1) is 4.86. The van der Waals surface area contributed by atoms with E-state index in [1.165, 1.54) is 23.6 Å². The van der Waals surface area contributed by atoms with Gasteiger partial charge in [-0.05, 0) is 0 Å². The number of pyridine rings is 1. The van der Waals surface area contributed by atoms with Crippen molar-refractivity contribution < 1.29 is 4.39 Å². The number of rotatable bonds is 0. The van der Waals surface area contributed by atoms with E-state index in [1.54, 1.807) is 5.51 Å². The van der Waals surface area contributed by atoms with Gasteiger partial charge >= 0.3 is 0 Å². The summed E-state index contributed by atoms with van der Waals surface area (Å²) in [4.78, 5) is 7.41. The Bertz CT molecular complexity index is 357. The molecule has 0 aromatic carbocycles. The minimum Gasteiger partial charge on any atom is -0.243 e. The zero-order valence-electron chi connectivity index (χ0n) is 4.91. The highest BCUT2D eigenvalue weighted by molar-refractivity contribution is 7.16. The maximum absolute atomic E-state index is 12.4. The maximum atomic E-state index is 12.4. The first-order valence-corrected chi connectivity index (χ1v) is 3.59. The van der Waals surface area contributed by atoms with Gasteiger partial charge in [0.25, 0.3) is 0 Å². The zero-order valence-corrected chi connectivity index (χ0v) is 5.73. The number of halogens is 1. The van der Waals surface area contributed by atoms with E-state index < -0.39 is 5.95 Å².